The zero-order valence-corrected chi connectivity index (χ0v) is 18.7. The van der Waals surface area contributed by atoms with Crippen molar-refractivity contribution in [3.05, 3.63) is 12.2 Å². The van der Waals surface area contributed by atoms with Crippen LogP contribution in [0, 0.1) is 0 Å². The molecular formula is C21H40O7S. The average molecular weight is 437 g/mol. The fourth-order valence-corrected chi connectivity index (χ4v) is 3.14. The number of carbonyl (C=O) groups is 1. The minimum absolute atomic E-state index is 0.268. The number of aliphatic hydroxyl groups excluding tert-OH is 1. The Morgan fingerprint density at radius 3 is 1.93 bits per heavy atom. The highest BCUT2D eigenvalue weighted by molar-refractivity contribution is 7.80. The maximum Gasteiger partial charge on any atom is 0.397 e. The smallest absolute Gasteiger partial charge is 0.397 e. The van der Waals surface area contributed by atoms with Gasteiger partial charge in [-0.15, -0.1) is 0 Å². The Labute approximate surface area is 176 Å². The average Bonchev–Trinajstić information content (AvgIpc) is 2.67. The van der Waals surface area contributed by atoms with Gasteiger partial charge in [0.25, 0.3) is 0 Å². The summed E-state index contributed by atoms with van der Waals surface area (Å²) in [6.07, 6.45) is 18.9. The molecule has 8 heteroatoms. The molecule has 172 valence electrons. The van der Waals surface area contributed by atoms with Gasteiger partial charge in [-0.1, -0.05) is 70.4 Å². The van der Waals surface area contributed by atoms with Crippen molar-refractivity contribution in [1.29, 1.82) is 0 Å². The fourth-order valence-electron chi connectivity index (χ4n) is 2.81. The molecule has 2 N–H and O–H groups in total. The maximum atomic E-state index is 11.5. The molecule has 0 aromatic heterocycles. The van der Waals surface area contributed by atoms with Crippen LogP contribution in [0.3, 0.4) is 0 Å². The number of carbonyl (C=O) groups excluding carboxylic acids is 1. The number of ether oxygens (including phenoxy) is 1. The van der Waals surface area contributed by atoms with Gasteiger partial charge in [0.15, 0.2) is 0 Å². The summed E-state index contributed by atoms with van der Waals surface area (Å²) in [5.41, 5.74) is 0. The van der Waals surface area contributed by atoms with Crippen LogP contribution in [0.1, 0.15) is 96.8 Å². The van der Waals surface area contributed by atoms with Gasteiger partial charge >= 0.3 is 16.4 Å². The topological polar surface area (TPSA) is 110 Å². The number of allylic oxidation sites excluding steroid dienone is 2. The Hall–Kier alpha value is -0.960. The molecule has 0 amide bonds. The van der Waals surface area contributed by atoms with Crippen LogP contribution in [-0.4, -0.2) is 43.4 Å². The Morgan fingerprint density at radius 2 is 1.38 bits per heavy atom. The van der Waals surface area contributed by atoms with Gasteiger partial charge in [0.05, 0.1) is 6.61 Å². The highest BCUT2D eigenvalue weighted by Gasteiger charge is 2.13. The minimum atomic E-state index is -4.60. The van der Waals surface area contributed by atoms with Crippen molar-refractivity contribution in [2.24, 2.45) is 0 Å². The van der Waals surface area contributed by atoms with E-state index in [4.69, 9.17) is 9.29 Å². The van der Waals surface area contributed by atoms with Crippen molar-refractivity contribution in [2.75, 3.05) is 13.2 Å². The van der Waals surface area contributed by atoms with E-state index in [1.54, 1.807) is 0 Å². The molecule has 0 saturated heterocycles. The van der Waals surface area contributed by atoms with Gasteiger partial charge in [0.1, 0.15) is 12.7 Å². The van der Waals surface area contributed by atoms with E-state index < -0.39 is 29.1 Å². The lowest BCUT2D eigenvalue weighted by molar-refractivity contribution is -0.147. The summed E-state index contributed by atoms with van der Waals surface area (Å²) < 4.78 is 37.9. The monoisotopic (exact) mass is 436 g/mol. The summed E-state index contributed by atoms with van der Waals surface area (Å²) in [6, 6.07) is 0. The van der Waals surface area contributed by atoms with Gasteiger partial charge in [-0.25, -0.2) is 4.18 Å². The lowest BCUT2D eigenvalue weighted by atomic mass is 10.1. The van der Waals surface area contributed by atoms with Crippen LogP contribution in [0.4, 0.5) is 0 Å². The molecule has 0 aromatic carbocycles. The van der Waals surface area contributed by atoms with E-state index in [0.717, 1.165) is 38.5 Å². The van der Waals surface area contributed by atoms with Gasteiger partial charge in [0.2, 0.25) is 0 Å². The van der Waals surface area contributed by atoms with Crippen molar-refractivity contribution in [3.8, 4) is 0 Å². The second-order valence-electron chi connectivity index (χ2n) is 7.38. The van der Waals surface area contributed by atoms with Crippen molar-refractivity contribution in [3.63, 3.8) is 0 Å². The summed E-state index contributed by atoms with van der Waals surface area (Å²) >= 11 is 0. The van der Waals surface area contributed by atoms with E-state index in [-0.39, 0.29) is 13.0 Å². The first-order valence-corrected chi connectivity index (χ1v) is 12.3. The Bertz CT molecular complexity index is 517. The molecule has 1 atom stereocenters. The van der Waals surface area contributed by atoms with E-state index in [2.05, 4.69) is 23.3 Å². The highest BCUT2D eigenvalue weighted by atomic mass is 32.3. The predicted molar refractivity (Wildman–Crippen MR) is 114 cm³/mol. The third-order valence-corrected chi connectivity index (χ3v) is 4.92. The molecule has 0 fully saturated rings. The van der Waals surface area contributed by atoms with E-state index in [1.807, 2.05) is 0 Å². The molecule has 0 saturated carbocycles. The Kier molecular flexibility index (Phi) is 18.4. The summed E-state index contributed by atoms with van der Waals surface area (Å²) in [5, 5.41) is 9.38. The fraction of sp³-hybridized carbons (Fsp3) is 0.857. The second-order valence-corrected chi connectivity index (χ2v) is 8.47. The summed E-state index contributed by atoms with van der Waals surface area (Å²) in [5.74, 6) is -0.437. The number of hydrogen-bond donors (Lipinski definition) is 2. The van der Waals surface area contributed by atoms with Gasteiger partial charge in [0, 0.05) is 6.42 Å². The Morgan fingerprint density at radius 1 is 0.862 bits per heavy atom. The third kappa shape index (κ3) is 23.2. The van der Waals surface area contributed by atoms with E-state index in [1.165, 1.54) is 44.9 Å². The zero-order chi connectivity index (χ0) is 21.8. The van der Waals surface area contributed by atoms with Crippen LogP contribution in [0.25, 0.3) is 0 Å². The molecule has 0 aromatic rings. The first-order chi connectivity index (χ1) is 13.8. The SMILES string of the molecule is CCCCCCCC/C=C\CCCCCCCC(=O)OC[C@@H](O)COS(=O)(=O)O. The number of esters is 1. The van der Waals surface area contributed by atoms with Crippen LogP contribution in [-0.2, 0) is 24.1 Å². The largest absolute Gasteiger partial charge is 0.463 e. The Balaban J connectivity index is 3.39. The van der Waals surface area contributed by atoms with Gasteiger partial charge in [-0.3, -0.25) is 9.35 Å². The molecule has 0 aliphatic heterocycles. The predicted octanol–water partition coefficient (Wildman–Crippen LogP) is 4.75. The van der Waals surface area contributed by atoms with Crippen molar-refractivity contribution in [1.82, 2.24) is 0 Å². The number of hydrogen-bond acceptors (Lipinski definition) is 6. The number of unbranched alkanes of at least 4 members (excludes halogenated alkanes) is 11. The summed E-state index contributed by atoms with van der Waals surface area (Å²) in [6.45, 7) is 1.22. The van der Waals surface area contributed by atoms with Crippen LogP contribution >= 0.6 is 0 Å². The molecule has 0 radical (unpaired) electrons. The molecule has 0 unspecified atom stereocenters. The first-order valence-electron chi connectivity index (χ1n) is 11.0. The van der Waals surface area contributed by atoms with Crippen LogP contribution < -0.4 is 0 Å². The number of aliphatic hydroxyl groups is 1. The quantitative estimate of drug-likeness (QED) is 0.123. The molecule has 0 aliphatic rings. The van der Waals surface area contributed by atoms with Crippen molar-refractivity contribution in [2.45, 2.75) is 103 Å². The molecule has 7 nitrogen and oxygen atoms in total. The first kappa shape index (κ1) is 28.0. The molecule has 0 heterocycles. The van der Waals surface area contributed by atoms with Crippen LogP contribution in [0.15, 0.2) is 12.2 Å². The van der Waals surface area contributed by atoms with Crippen molar-refractivity contribution < 1.29 is 31.8 Å². The molecule has 0 rings (SSSR count). The molecule has 0 spiro atoms. The highest BCUT2D eigenvalue weighted by Crippen LogP contribution is 2.10. The molecule has 29 heavy (non-hydrogen) atoms. The van der Waals surface area contributed by atoms with Crippen LogP contribution in [0.2, 0.25) is 0 Å². The van der Waals surface area contributed by atoms with E-state index in [9.17, 15) is 18.3 Å². The van der Waals surface area contributed by atoms with E-state index in [0.29, 0.717) is 0 Å². The van der Waals surface area contributed by atoms with Gasteiger partial charge in [-0.2, -0.15) is 8.42 Å². The standard InChI is InChI=1S/C21H40O7S/c1-2-3-4-5-6-7-8-9-10-11-12-13-14-15-16-17-21(23)27-18-20(22)19-28-29(24,25)26/h9-10,20,22H,2-8,11-19H2,1H3,(H,24,25,26)/b10-9-/t20-/m1/s1. The zero-order valence-electron chi connectivity index (χ0n) is 17.9. The van der Waals surface area contributed by atoms with Crippen molar-refractivity contribution >= 4 is 16.4 Å². The third-order valence-electron chi connectivity index (χ3n) is 4.49. The van der Waals surface area contributed by atoms with Gasteiger partial charge in [-0.05, 0) is 32.1 Å². The second kappa shape index (κ2) is 19.0. The maximum absolute atomic E-state index is 11.5. The molecular weight excluding hydrogens is 396 g/mol. The summed E-state index contributed by atoms with van der Waals surface area (Å²) in [4.78, 5) is 11.5. The normalized spacial score (nSPS) is 13.1. The number of rotatable bonds is 20. The lowest BCUT2D eigenvalue weighted by Crippen LogP contribution is -2.25. The molecule has 0 aliphatic carbocycles. The minimum Gasteiger partial charge on any atom is -0.463 e. The lowest BCUT2D eigenvalue weighted by Gasteiger charge is -2.10. The van der Waals surface area contributed by atoms with E-state index >= 15 is 0 Å². The molecule has 0 bridgehead atoms. The summed E-state index contributed by atoms with van der Waals surface area (Å²) in [7, 11) is -4.60. The van der Waals surface area contributed by atoms with Gasteiger partial charge < -0.3 is 9.84 Å². The van der Waals surface area contributed by atoms with Crippen LogP contribution in [0.5, 0.6) is 0 Å².